The number of hydrogen-bond acceptors (Lipinski definition) is 6. The van der Waals surface area contributed by atoms with Crippen LogP contribution >= 0.6 is 27.3 Å². The molecule has 0 spiro atoms. The first-order valence-electron chi connectivity index (χ1n) is 21.0. The van der Waals surface area contributed by atoms with Gasteiger partial charge in [0, 0.05) is 28.8 Å². The molecule has 0 saturated heterocycles. The monoisotopic (exact) mass is 804 g/mol. The highest BCUT2D eigenvalue weighted by molar-refractivity contribution is 9.10. The molecule has 5 aliphatic rings. The third-order valence-electron chi connectivity index (χ3n) is 15.7. The Kier molecular flexibility index (Phi) is 10.4. The molecule has 2 aromatic heterocycles. The molecule has 0 amide bonds. The fourth-order valence-corrected chi connectivity index (χ4v) is 15.2. The van der Waals surface area contributed by atoms with E-state index in [2.05, 4.69) is 62.7 Å². The summed E-state index contributed by atoms with van der Waals surface area (Å²) in [6.07, 6.45) is 21.2. The first kappa shape index (κ1) is 37.9. The van der Waals surface area contributed by atoms with Crippen LogP contribution in [0.2, 0.25) is 0 Å². The normalized spacial score (nSPS) is 33.0. The average molecular weight is 806 g/mol. The Morgan fingerprint density at radius 1 is 1.00 bits per heavy atom. The van der Waals surface area contributed by atoms with E-state index in [9.17, 15) is 9.59 Å². The minimum Gasteiger partial charge on any atom is -0.458 e. The molecule has 4 saturated carbocycles. The lowest BCUT2D eigenvalue weighted by molar-refractivity contribution is -0.0595. The molecule has 0 N–H and O–H groups in total. The molecule has 0 unspecified atom stereocenters. The third kappa shape index (κ3) is 6.43. The summed E-state index contributed by atoms with van der Waals surface area (Å²) in [6, 6.07) is 5.69. The third-order valence-corrected chi connectivity index (χ3v) is 18.2. The van der Waals surface area contributed by atoms with Crippen LogP contribution in [0, 0.1) is 46.3 Å². The Bertz CT molecular complexity index is 1950. The summed E-state index contributed by atoms with van der Waals surface area (Å²) in [5, 5.41) is 1.74. The number of benzene rings is 1. The van der Waals surface area contributed by atoms with Gasteiger partial charge in [-0.2, -0.15) is 0 Å². The number of methoxy groups -OCH3 is 1. The summed E-state index contributed by atoms with van der Waals surface area (Å²) in [7, 11) is 1.80. The zero-order chi connectivity index (χ0) is 37.3. The van der Waals surface area contributed by atoms with Gasteiger partial charge in [0.15, 0.2) is 5.58 Å². The maximum absolute atomic E-state index is 13.7. The number of esters is 1. The molecule has 288 valence electrons. The highest BCUT2D eigenvalue weighted by Crippen LogP contribution is 2.67. The number of rotatable bonds is 9. The standard InChI is InChI=1S/C46H61BrO5S/c1-27(2)11-10-12-28(3)35-17-18-36-32-16-14-30-26-31(19-23-44(30,4)37(32)20-24-45(35,36)5)51-42(48)34-25-29-13-15-33-38(47)41(46(50-6)21-8-7-9-22-46)53-40(33)39(29)52-43(34)49/h13-15,25,27-28,31-32,35-37H,7-12,16-24,26H2,1-6H3/t28-,31+,32+,35-,36+,37+,44+,45-/m1/s1. The summed E-state index contributed by atoms with van der Waals surface area (Å²) in [4.78, 5) is 28.3. The molecular weight excluding hydrogens is 744 g/mol. The molecule has 0 bridgehead atoms. The molecule has 5 aliphatic carbocycles. The van der Waals surface area contributed by atoms with E-state index < -0.39 is 11.6 Å². The van der Waals surface area contributed by atoms with Gasteiger partial charge in [0.25, 0.3) is 0 Å². The quantitative estimate of drug-likeness (QED) is 0.122. The van der Waals surface area contributed by atoms with Crippen LogP contribution in [-0.4, -0.2) is 19.2 Å². The highest BCUT2D eigenvalue weighted by Gasteiger charge is 2.59. The van der Waals surface area contributed by atoms with Crippen molar-refractivity contribution in [2.75, 3.05) is 7.11 Å². The summed E-state index contributed by atoms with van der Waals surface area (Å²) in [5.74, 6) is 4.23. The highest BCUT2D eigenvalue weighted by atomic mass is 79.9. The fraction of sp³-hybridized carbons (Fsp3) is 0.696. The molecule has 2 heterocycles. The van der Waals surface area contributed by atoms with E-state index >= 15 is 0 Å². The molecule has 5 nitrogen and oxygen atoms in total. The lowest BCUT2D eigenvalue weighted by Gasteiger charge is -2.58. The van der Waals surface area contributed by atoms with E-state index in [1.54, 1.807) is 24.5 Å². The van der Waals surface area contributed by atoms with Crippen molar-refractivity contribution in [3.05, 3.63) is 55.2 Å². The van der Waals surface area contributed by atoms with Gasteiger partial charge < -0.3 is 13.9 Å². The van der Waals surface area contributed by atoms with Crippen LogP contribution < -0.4 is 5.63 Å². The second kappa shape index (κ2) is 14.5. The summed E-state index contributed by atoms with van der Waals surface area (Å²) in [5.41, 5.74) is 1.69. The minimum absolute atomic E-state index is 0.0138. The summed E-state index contributed by atoms with van der Waals surface area (Å²) >= 11 is 5.51. The van der Waals surface area contributed by atoms with Gasteiger partial charge in [-0.1, -0.05) is 96.9 Å². The van der Waals surface area contributed by atoms with Gasteiger partial charge >= 0.3 is 11.6 Å². The van der Waals surface area contributed by atoms with Crippen molar-refractivity contribution in [1.82, 2.24) is 0 Å². The van der Waals surface area contributed by atoms with E-state index in [0.717, 1.165) is 99.4 Å². The molecule has 3 aromatic rings. The Hall–Kier alpha value is -1.96. The largest absolute Gasteiger partial charge is 0.458 e. The predicted molar refractivity (Wildman–Crippen MR) is 220 cm³/mol. The van der Waals surface area contributed by atoms with Gasteiger partial charge in [0.1, 0.15) is 17.3 Å². The zero-order valence-electron chi connectivity index (χ0n) is 33.0. The predicted octanol–water partition coefficient (Wildman–Crippen LogP) is 13.1. The van der Waals surface area contributed by atoms with Crippen LogP contribution in [0.25, 0.3) is 21.1 Å². The number of carbonyl (C=O) groups is 1. The number of halogens is 1. The van der Waals surface area contributed by atoms with Crippen LogP contribution in [0.15, 0.2) is 43.5 Å². The van der Waals surface area contributed by atoms with E-state index in [1.165, 1.54) is 63.4 Å². The molecule has 8 atom stereocenters. The van der Waals surface area contributed by atoms with Crippen LogP contribution in [0.5, 0.6) is 0 Å². The van der Waals surface area contributed by atoms with Crippen LogP contribution in [-0.2, 0) is 15.1 Å². The van der Waals surface area contributed by atoms with Crippen LogP contribution in [0.1, 0.15) is 153 Å². The van der Waals surface area contributed by atoms with Gasteiger partial charge in [-0.05, 0) is 126 Å². The number of ether oxygens (including phenoxy) is 2. The van der Waals surface area contributed by atoms with Crippen LogP contribution in [0.4, 0.5) is 0 Å². The second-order valence-corrected chi connectivity index (χ2v) is 20.7. The SMILES string of the molecule is COC1(c2sc3c(ccc4cc(C(=O)O[C@H]5CC[C@@]6(C)C(=CC[C@H]7[C@@H]8CC[C@H]([C@H](C)CCCC(C)C)[C@@]8(C)CC[C@@H]76)C5)c(=O)oc43)c2Br)CCCCC1. The number of allylic oxidation sites excluding steroid dienone is 1. The van der Waals surface area contributed by atoms with Gasteiger partial charge in [-0.25, -0.2) is 9.59 Å². The first-order chi connectivity index (χ1) is 25.4. The molecule has 4 fully saturated rings. The second-order valence-electron chi connectivity index (χ2n) is 18.9. The topological polar surface area (TPSA) is 65.7 Å². The fourth-order valence-electron chi connectivity index (χ4n) is 12.8. The van der Waals surface area contributed by atoms with Crippen molar-refractivity contribution >= 4 is 54.3 Å². The van der Waals surface area contributed by atoms with Crippen molar-refractivity contribution in [3.63, 3.8) is 0 Å². The average Bonchev–Trinajstić information content (AvgIpc) is 3.68. The molecule has 0 aliphatic heterocycles. The first-order valence-corrected chi connectivity index (χ1v) is 22.6. The Morgan fingerprint density at radius 2 is 1.79 bits per heavy atom. The molecule has 53 heavy (non-hydrogen) atoms. The number of hydrogen-bond donors (Lipinski definition) is 0. The van der Waals surface area contributed by atoms with E-state index in [0.29, 0.717) is 16.9 Å². The molecule has 8 rings (SSSR count). The van der Waals surface area contributed by atoms with Gasteiger partial charge in [-0.3, -0.25) is 0 Å². The van der Waals surface area contributed by atoms with Crippen molar-refractivity contribution in [2.24, 2.45) is 46.3 Å². The molecule has 7 heteroatoms. The van der Waals surface area contributed by atoms with E-state index in [4.69, 9.17) is 13.9 Å². The summed E-state index contributed by atoms with van der Waals surface area (Å²) in [6.45, 7) is 12.5. The van der Waals surface area contributed by atoms with Gasteiger partial charge in [0.05, 0.1) is 9.58 Å². The zero-order valence-corrected chi connectivity index (χ0v) is 35.4. The Labute approximate surface area is 329 Å². The Balaban J connectivity index is 0.968. The minimum atomic E-state index is -0.630. The van der Waals surface area contributed by atoms with Gasteiger partial charge in [0.2, 0.25) is 0 Å². The number of thiophene rings is 1. The molecule has 1 aromatic carbocycles. The lowest BCUT2D eigenvalue weighted by Crippen LogP contribution is -2.51. The smallest absolute Gasteiger partial charge is 0.351 e. The lowest BCUT2D eigenvalue weighted by atomic mass is 9.47. The molecule has 0 radical (unpaired) electrons. The maximum atomic E-state index is 13.7. The van der Waals surface area contributed by atoms with E-state index in [-0.39, 0.29) is 22.7 Å². The van der Waals surface area contributed by atoms with Crippen molar-refractivity contribution < 1.29 is 18.7 Å². The number of fused-ring (bicyclic) bond motifs is 8. The van der Waals surface area contributed by atoms with Gasteiger partial charge in [-0.15, -0.1) is 11.3 Å². The Morgan fingerprint density at radius 3 is 2.55 bits per heavy atom. The number of carbonyl (C=O) groups excluding carboxylic acids is 1. The van der Waals surface area contributed by atoms with Crippen LogP contribution in [0.3, 0.4) is 0 Å². The van der Waals surface area contributed by atoms with E-state index in [1.807, 2.05) is 6.07 Å². The maximum Gasteiger partial charge on any atom is 0.351 e. The summed E-state index contributed by atoms with van der Waals surface area (Å²) < 4.78 is 20.2. The van der Waals surface area contributed by atoms with Crippen molar-refractivity contribution in [2.45, 2.75) is 149 Å². The molecular formula is C46H61BrO5S. The van der Waals surface area contributed by atoms with Crippen molar-refractivity contribution in [1.29, 1.82) is 0 Å². The van der Waals surface area contributed by atoms with Crippen molar-refractivity contribution in [3.8, 4) is 0 Å².